The standard InChI is InChI=1S/C17H23ClN2S/c1-13(2)9-19-10-15(8-17-11-20-12-21-17)6-14-4-3-5-16(18)7-14/h3-5,7,11-13,15,19H,6,8-10H2,1-2H3. The lowest BCUT2D eigenvalue weighted by Crippen LogP contribution is -2.28. The Morgan fingerprint density at radius 3 is 2.76 bits per heavy atom. The Kier molecular flexibility index (Phi) is 6.68. The summed E-state index contributed by atoms with van der Waals surface area (Å²) in [5.41, 5.74) is 3.22. The second-order valence-electron chi connectivity index (χ2n) is 5.92. The zero-order valence-corrected chi connectivity index (χ0v) is 14.3. The molecule has 0 aliphatic carbocycles. The molecule has 0 aliphatic heterocycles. The van der Waals surface area contributed by atoms with Crippen molar-refractivity contribution in [2.45, 2.75) is 26.7 Å². The highest BCUT2D eigenvalue weighted by atomic mass is 35.5. The summed E-state index contributed by atoms with van der Waals surface area (Å²) in [6.45, 7) is 6.57. The van der Waals surface area contributed by atoms with E-state index in [-0.39, 0.29) is 0 Å². The van der Waals surface area contributed by atoms with Crippen LogP contribution in [0.15, 0.2) is 36.0 Å². The molecule has 114 valence electrons. The zero-order valence-electron chi connectivity index (χ0n) is 12.7. The third-order valence-corrected chi connectivity index (χ3v) is 4.41. The quantitative estimate of drug-likeness (QED) is 0.777. The first-order valence-electron chi connectivity index (χ1n) is 7.46. The van der Waals surface area contributed by atoms with E-state index in [0.29, 0.717) is 11.8 Å². The van der Waals surface area contributed by atoms with Crippen molar-refractivity contribution in [2.24, 2.45) is 11.8 Å². The fourth-order valence-electron chi connectivity index (χ4n) is 2.42. The third-order valence-electron chi connectivity index (χ3n) is 3.37. The molecule has 1 atom stereocenters. The van der Waals surface area contributed by atoms with Gasteiger partial charge in [-0.25, -0.2) is 0 Å². The maximum Gasteiger partial charge on any atom is 0.0794 e. The Morgan fingerprint density at radius 2 is 2.10 bits per heavy atom. The van der Waals surface area contributed by atoms with Crippen molar-refractivity contribution >= 4 is 22.9 Å². The molecule has 0 amide bonds. The smallest absolute Gasteiger partial charge is 0.0794 e. The zero-order chi connectivity index (χ0) is 15.1. The van der Waals surface area contributed by atoms with Crippen LogP contribution in [0.2, 0.25) is 5.02 Å². The monoisotopic (exact) mass is 322 g/mol. The van der Waals surface area contributed by atoms with Crippen LogP contribution in [0, 0.1) is 11.8 Å². The van der Waals surface area contributed by atoms with Gasteiger partial charge in [0, 0.05) is 16.1 Å². The summed E-state index contributed by atoms with van der Waals surface area (Å²) in [6.07, 6.45) is 4.10. The molecule has 1 aromatic heterocycles. The van der Waals surface area contributed by atoms with Crippen LogP contribution in [-0.4, -0.2) is 18.1 Å². The molecule has 0 fully saturated rings. The van der Waals surface area contributed by atoms with Gasteiger partial charge < -0.3 is 5.32 Å². The minimum absolute atomic E-state index is 0.572. The highest BCUT2D eigenvalue weighted by molar-refractivity contribution is 7.09. The highest BCUT2D eigenvalue weighted by Gasteiger charge is 2.12. The van der Waals surface area contributed by atoms with E-state index < -0.39 is 0 Å². The van der Waals surface area contributed by atoms with Gasteiger partial charge in [0.1, 0.15) is 0 Å². The average molecular weight is 323 g/mol. The van der Waals surface area contributed by atoms with Gasteiger partial charge in [-0.3, -0.25) is 4.98 Å². The molecular formula is C17H23ClN2S. The molecule has 0 spiro atoms. The van der Waals surface area contributed by atoms with Crippen LogP contribution in [0.1, 0.15) is 24.3 Å². The van der Waals surface area contributed by atoms with Crippen molar-refractivity contribution in [3.8, 4) is 0 Å². The van der Waals surface area contributed by atoms with Crippen LogP contribution in [0.5, 0.6) is 0 Å². The number of thiazole rings is 1. The van der Waals surface area contributed by atoms with Crippen molar-refractivity contribution in [1.29, 1.82) is 0 Å². The summed E-state index contributed by atoms with van der Waals surface area (Å²) in [4.78, 5) is 5.54. The van der Waals surface area contributed by atoms with Crippen molar-refractivity contribution in [1.82, 2.24) is 10.3 Å². The normalized spacial score (nSPS) is 12.8. The van der Waals surface area contributed by atoms with Crippen molar-refractivity contribution in [2.75, 3.05) is 13.1 Å². The van der Waals surface area contributed by atoms with E-state index in [2.05, 4.69) is 36.3 Å². The minimum Gasteiger partial charge on any atom is -0.316 e. The molecule has 0 bridgehead atoms. The van der Waals surface area contributed by atoms with Crippen LogP contribution in [0.4, 0.5) is 0 Å². The van der Waals surface area contributed by atoms with Gasteiger partial charge in [0.2, 0.25) is 0 Å². The third kappa shape index (κ3) is 6.16. The Balaban J connectivity index is 1.96. The summed E-state index contributed by atoms with van der Waals surface area (Å²) in [5.74, 6) is 1.25. The van der Waals surface area contributed by atoms with Gasteiger partial charge in [-0.05, 0) is 55.5 Å². The molecule has 2 rings (SSSR count). The largest absolute Gasteiger partial charge is 0.316 e. The molecule has 2 aromatic rings. The predicted octanol–water partition coefficient (Wildman–Crippen LogP) is 4.44. The van der Waals surface area contributed by atoms with E-state index in [1.165, 1.54) is 10.4 Å². The van der Waals surface area contributed by atoms with Crippen molar-refractivity contribution < 1.29 is 0 Å². The minimum atomic E-state index is 0.572. The Hall–Kier alpha value is -0.900. The lowest BCUT2D eigenvalue weighted by molar-refractivity contribution is 0.447. The molecule has 1 unspecified atom stereocenters. The van der Waals surface area contributed by atoms with Crippen molar-refractivity contribution in [3.63, 3.8) is 0 Å². The van der Waals surface area contributed by atoms with Gasteiger partial charge in [0.15, 0.2) is 0 Å². The van der Waals surface area contributed by atoms with E-state index in [0.717, 1.165) is 31.0 Å². The van der Waals surface area contributed by atoms with Gasteiger partial charge in [0.05, 0.1) is 5.51 Å². The molecule has 0 saturated heterocycles. The number of aromatic nitrogens is 1. The Labute approximate surface area is 136 Å². The number of nitrogens with zero attached hydrogens (tertiary/aromatic N) is 1. The lowest BCUT2D eigenvalue weighted by Gasteiger charge is -2.18. The molecular weight excluding hydrogens is 300 g/mol. The van der Waals surface area contributed by atoms with Gasteiger partial charge in [-0.15, -0.1) is 11.3 Å². The van der Waals surface area contributed by atoms with E-state index >= 15 is 0 Å². The maximum absolute atomic E-state index is 6.09. The van der Waals surface area contributed by atoms with E-state index in [1.807, 2.05) is 23.8 Å². The first-order chi connectivity index (χ1) is 10.1. The molecule has 1 N–H and O–H groups in total. The molecule has 0 saturated carbocycles. The number of hydrogen-bond donors (Lipinski definition) is 1. The second-order valence-corrected chi connectivity index (χ2v) is 7.33. The lowest BCUT2D eigenvalue weighted by atomic mass is 9.95. The van der Waals surface area contributed by atoms with Crippen LogP contribution < -0.4 is 5.32 Å². The molecule has 0 radical (unpaired) electrons. The van der Waals surface area contributed by atoms with Gasteiger partial charge in [-0.2, -0.15) is 0 Å². The molecule has 4 heteroatoms. The first kappa shape index (κ1) is 16.5. The SMILES string of the molecule is CC(C)CNCC(Cc1cccc(Cl)c1)Cc1cncs1. The summed E-state index contributed by atoms with van der Waals surface area (Å²) in [6, 6.07) is 8.20. The van der Waals surface area contributed by atoms with Gasteiger partial charge in [0.25, 0.3) is 0 Å². The molecule has 0 aliphatic rings. The first-order valence-corrected chi connectivity index (χ1v) is 8.71. The fraction of sp³-hybridized carbons (Fsp3) is 0.471. The van der Waals surface area contributed by atoms with Crippen LogP contribution >= 0.6 is 22.9 Å². The topological polar surface area (TPSA) is 24.9 Å². The highest BCUT2D eigenvalue weighted by Crippen LogP contribution is 2.19. The van der Waals surface area contributed by atoms with Crippen LogP contribution in [0.3, 0.4) is 0 Å². The van der Waals surface area contributed by atoms with E-state index in [1.54, 1.807) is 11.3 Å². The molecule has 2 nitrogen and oxygen atoms in total. The van der Waals surface area contributed by atoms with E-state index in [9.17, 15) is 0 Å². The van der Waals surface area contributed by atoms with Crippen LogP contribution in [0.25, 0.3) is 0 Å². The Morgan fingerprint density at radius 1 is 1.24 bits per heavy atom. The van der Waals surface area contributed by atoms with Crippen LogP contribution in [-0.2, 0) is 12.8 Å². The van der Waals surface area contributed by atoms with Gasteiger partial charge in [-0.1, -0.05) is 37.6 Å². The average Bonchev–Trinajstić information content (AvgIpc) is 2.91. The van der Waals surface area contributed by atoms with Crippen molar-refractivity contribution in [3.05, 3.63) is 51.4 Å². The number of benzene rings is 1. The summed E-state index contributed by atoms with van der Waals surface area (Å²) in [5, 5.41) is 4.40. The predicted molar refractivity (Wildman–Crippen MR) is 92.2 cm³/mol. The Bertz CT molecular complexity index is 525. The number of nitrogens with one attached hydrogen (secondary N) is 1. The fourth-order valence-corrected chi connectivity index (χ4v) is 3.34. The maximum atomic E-state index is 6.09. The van der Waals surface area contributed by atoms with Gasteiger partial charge >= 0.3 is 0 Å². The molecule has 1 heterocycles. The molecule has 21 heavy (non-hydrogen) atoms. The van der Waals surface area contributed by atoms with E-state index in [4.69, 9.17) is 11.6 Å². The number of halogens is 1. The second kappa shape index (κ2) is 8.52. The molecule has 1 aromatic carbocycles. The summed E-state index contributed by atoms with van der Waals surface area (Å²) in [7, 11) is 0. The summed E-state index contributed by atoms with van der Waals surface area (Å²) < 4.78 is 0. The summed E-state index contributed by atoms with van der Waals surface area (Å²) >= 11 is 7.83. The number of hydrogen-bond acceptors (Lipinski definition) is 3. The number of rotatable bonds is 8.